The maximum absolute atomic E-state index is 12.5. The molecule has 2 rings (SSSR count). The summed E-state index contributed by atoms with van der Waals surface area (Å²) in [4.78, 5) is 20.0. The van der Waals surface area contributed by atoms with Crippen LogP contribution in [-0.4, -0.2) is 34.3 Å². The fraction of sp³-hybridized carbons (Fsp3) is 0.692. The zero-order valence-corrected chi connectivity index (χ0v) is 11.4. The van der Waals surface area contributed by atoms with E-state index in [1.807, 2.05) is 6.20 Å². The van der Waals surface area contributed by atoms with Crippen molar-refractivity contribution in [3.05, 3.63) is 16.6 Å². The largest absolute Gasteiger partial charge is 0.297 e. The Hall–Kier alpha value is -0.740. The van der Waals surface area contributed by atoms with Crippen molar-refractivity contribution < 1.29 is 4.79 Å². The first-order chi connectivity index (χ1) is 8.16. The highest BCUT2D eigenvalue weighted by Crippen LogP contribution is 2.27. The molecule has 2 heterocycles. The lowest BCUT2D eigenvalue weighted by Gasteiger charge is -2.36. The van der Waals surface area contributed by atoms with Crippen LogP contribution >= 0.6 is 11.3 Å². The molecule has 0 saturated carbocycles. The minimum Gasteiger partial charge on any atom is -0.297 e. The summed E-state index contributed by atoms with van der Waals surface area (Å²) in [6.07, 6.45) is 5.69. The van der Waals surface area contributed by atoms with E-state index in [1.165, 1.54) is 12.8 Å². The van der Waals surface area contributed by atoms with Gasteiger partial charge in [-0.05, 0) is 39.3 Å². The highest BCUT2D eigenvalue weighted by atomic mass is 32.1. The third kappa shape index (κ3) is 2.58. The lowest BCUT2D eigenvalue weighted by molar-refractivity contribution is -0.129. The average Bonchev–Trinajstić information content (AvgIpc) is 3.00. The maximum Gasteiger partial charge on any atom is 0.158 e. The van der Waals surface area contributed by atoms with Crippen LogP contribution in [0.2, 0.25) is 0 Å². The fourth-order valence-electron chi connectivity index (χ4n) is 2.49. The Kier molecular flexibility index (Phi) is 3.94. The van der Waals surface area contributed by atoms with Crippen molar-refractivity contribution in [3.63, 3.8) is 0 Å². The predicted octanol–water partition coefficient (Wildman–Crippen LogP) is 2.52. The third-order valence-electron chi connectivity index (χ3n) is 3.91. The second-order valence-electron chi connectivity index (χ2n) is 4.89. The van der Waals surface area contributed by atoms with Crippen LogP contribution in [0.5, 0.6) is 0 Å². The quantitative estimate of drug-likeness (QED) is 0.807. The molecule has 0 spiro atoms. The van der Waals surface area contributed by atoms with E-state index in [0.29, 0.717) is 12.2 Å². The van der Waals surface area contributed by atoms with Crippen molar-refractivity contribution >= 4 is 17.1 Å². The van der Waals surface area contributed by atoms with Crippen LogP contribution in [0.1, 0.15) is 38.0 Å². The van der Waals surface area contributed by atoms with E-state index in [4.69, 9.17) is 0 Å². The van der Waals surface area contributed by atoms with Crippen LogP contribution in [0.25, 0.3) is 0 Å². The topological polar surface area (TPSA) is 33.2 Å². The summed E-state index contributed by atoms with van der Waals surface area (Å²) in [5.74, 6) is 0.339. The molecule has 1 unspecified atom stereocenters. The molecule has 0 amide bonds. The van der Waals surface area contributed by atoms with Crippen LogP contribution in [0.3, 0.4) is 0 Å². The smallest absolute Gasteiger partial charge is 0.158 e. The molecular formula is C13H20N2OS. The second-order valence-corrected chi connectivity index (χ2v) is 5.86. The van der Waals surface area contributed by atoms with Crippen LogP contribution in [0, 0.1) is 0 Å². The van der Waals surface area contributed by atoms with Crippen molar-refractivity contribution in [2.24, 2.45) is 0 Å². The maximum atomic E-state index is 12.5. The van der Waals surface area contributed by atoms with E-state index in [1.54, 1.807) is 16.8 Å². The van der Waals surface area contributed by atoms with Gasteiger partial charge in [-0.25, -0.2) is 0 Å². The van der Waals surface area contributed by atoms with Crippen molar-refractivity contribution in [1.29, 1.82) is 0 Å². The standard InChI is InChI=1S/C13H20N2OS/c1-3-13(2,15-6-4-5-7-15)12(16)8-11-9-14-10-17-11/h9-10H,3-8H2,1-2H3. The number of rotatable bonds is 5. The molecule has 0 aliphatic carbocycles. The summed E-state index contributed by atoms with van der Waals surface area (Å²) in [7, 11) is 0. The first-order valence-electron chi connectivity index (χ1n) is 6.32. The summed E-state index contributed by atoms with van der Waals surface area (Å²) in [6, 6.07) is 0. The summed E-state index contributed by atoms with van der Waals surface area (Å²) >= 11 is 1.57. The van der Waals surface area contributed by atoms with Crippen molar-refractivity contribution in [2.75, 3.05) is 13.1 Å². The molecule has 1 atom stereocenters. The van der Waals surface area contributed by atoms with Crippen molar-refractivity contribution in [2.45, 2.75) is 45.1 Å². The van der Waals surface area contributed by atoms with Gasteiger partial charge in [-0.15, -0.1) is 11.3 Å². The molecule has 17 heavy (non-hydrogen) atoms. The molecule has 4 heteroatoms. The monoisotopic (exact) mass is 252 g/mol. The van der Waals surface area contributed by atoms with Gasteiger partial charge in [0.2, 0.25) is 0 Å². The first kappa shape index (κ1) is 12.7. The van der Waals surface area contributed by atoms with Gasteiger partial charge in [-0.1, -0.05) is 6.92 Å². The minimum absolute atomic E-state index is 0.277. The number of hydrogen-bond acceptors (Lipinski definition) is 4. The Morgan fingerprint density at radius 3 is 2.76 bits per heavy atom. The van der Waals surface area contributed by atoms with Crippen molar-refractivity contribution in [3.8, 4) is 0 Å². The minimum atomic E-state index is -0.277. The van der Waals surface area contributed by atoms with Gasteiger partial charge >= 0.3 is 0 Å². The van der Waals surface area contributed by atoms with Gasteiger partial charge < -0.3 is 0 Å². The number of aromatic nitrogens is 1. The number of ketones is 1. The number of thiazole rings is 1. The molecule has 1 aromatic rings. The molecule has 0 aromatic carbocycles. The normalized spacial score (nSPS) is 20.4. The van der Waals surface area contributed by atoms with E-state index in [-0.39, 0.29) is 5.54 Å². The van der Waals surface area contributed by atoms with Crippen LogP contribution < -0.4 is 0 Å². The Bertz CT molecular complexity index is 371. The molecule has 1 aliphatic heterocycles. The number of carbonyl (C=O) groups excluding carboxylic acids is 1. The number of hydrogen-bond donors (Lipinski definition) is 0. The van der Waals surface area contributed by atoms with E-state index in [9.17, 15) is 4.79 Å². The summed E-state index contributed by atoms with van der Waals surface area (Å²) in [6.45, 7) is 6.35. The van der Waals surface area contributed by atoms with E-state index in [0.717, 1.165) is 24.4 Å². The predicted molar refractivity (Wildman–Crippen MR) is 70.3 cm³/mol. The molecule has 0 N–H and O–H groups in total. The van der Waals surface area contributed by atoms with Gasteiger partial charge in [-0.2, -0.15) is 0 Å². The molecule has 1 saturated heterocycles. The number of nitrogens with zero attached hydrogens (tertiary/aromatic N) is 2. The number of likely N-dealkylation sites (tertiary alicyclic amines) is 1. The Balaban J connectivity index is 2.08. The lowest BCUT2D eigenvalue weighted by Crippen LogP contribution is -2.51. The van der Waals surface area contributed by atoms with E-state index >= 15 is 0 Å². The molecule has 0 bridgehead atoms. The molecule has 0 radical (unpaired) electrons. The fourth-order valence-corrected chi connectivity index (χ4v) is 3.08. The first-order valence-corrected chi connectivity index (χ1v) is 7.20. The van der Waals surface area contributed by atoms with Gasteiger partial charge in [-0.3, -0.25) is 14.7 Å². The van der Waals surface area contributed by atoms with Gasteiger partial charge in [0.25, 0.3) is 0 Å². The third-order valence-corrected chi connectivity index (χ3v) is 4.69. The average molecular weight is 252 g/mol. The SMILES string of the molecule is CCC(C)(C(=O)Cc1cncs1)N1CCCC1. The lowest BCUT2D eigenvalue weighted by atomic mass is 9.89. The Morgan fingerprint density at radius 2 is 2.24 bits per heavy atom. The van der Waals surface area contributed by atoms with Gasteiger partial charge in [0, 0.05) is 17.5 Å². The molecular weight excluding hydrogens is 232 g/mol. The molecule has 1 fully saturated rings. The number of carbonyl (C=O) groups is 1. The molecule has 3 nitrogen and oxygen atoms in total. The highest BCUT2D eigenvalue weighted by molar-refractivity contribution is 7.09. The van der Waals surface area contributed by atoms with Crippen molar-refractivity contribution in [1.82, 2.24) is 9.88 Å². The Labute approximate surface area is 107 Å². The zero-order chi connectivity index (χ0) is 12.3. The summed E-state index contributed by atoms with van der Waals surface area (Å²) in [5.41, 5.74) is 1.52. The molecule has 1 aliphatic rings. The van der Waals surface area contributed by atoms with Crippen LogP contribution in [-0.2, 0) is 11.2 Å². The van der Waals surface area contributed by atoms with Crippen LogP contribution in [0.4, 0.5) is 0 Å². The Morgan fingerprint density at radius 1 is 1.53 bits per heavy atom. The van der Waals surface area contributed by atoms with E-state index in [2.05, 4.69) is 23.7 Å². The van der Waals surface area contributed by atoms with Crippen LogP contribution in [0.15, 0.2) is 11.7 Å². The highest BCUT2D eigenvalue weighted by Gasteiger charge is 2.38. The zero-order valence-electron chi connectivity index (χ0n) is 10.6. The molecule has 94 valence electrons. The second kappa shape index (κ2) is 5.27. The van der Waals surface area contributed by atoms with Gasteiger partial charge in [0.05, 0.1) is 11.0 Å². The van der Waals surface area contributed by atoms with Gasteiger partial charge in [0.15, 0.2) is 5.78 Å². The summed E-state index contributed by atoms with van der Waals surface area (Å²) < 4.78 is 0. The number of Topliss-reactive ketones (excluding diaryl/α,β-unsaturated/α-hetero) is 1. The van der Waals surface area contributed by atoms with Gasteiger partial charge in [0.1, 0.15) is 0 Å². The summed E-state index contributed by atoms with van der Waals surface area (Å²) in [5, 5.41) is 0. The molecule has 1 aromatic heterocycles. The van der Waals surface area contributed by atoms with E-state index < -0.39 is 0 Å².